The maximum atomic E-state index is 5.33. The van der Waals surface area contributed by atoms with Gasteiger partial charge in [-0.1, -0.05) is 0 Å². The Morgan fingerprint density at radius 3 is 2.81 bits per heavy atom. The number of hydrogen-bond donors (Lipinski definition) is 1. The van der Waals surface area contributed by atoms with Crippen molar-refractivity contribution in [1.82, 2.24) is 0 Å². The fourth-order valence-corrected chi connectivity index (χ4v) is 2.95. The van der Waals surface area contributed by atoms with Crippen LogP contribution in [-0.2, 0) is 0 Å². The molecule has 16 heavy (non-hydrogen) atoms. The van der Waals surface area contributed by atoms with Gasteiger partial charge in [0.2, 0.25) is 0 Å². The van der Waals surface area contributed by atoms with Crippen molar-refractivity contribution in [3.63, 3.8) is 0 Å². The second-order valence-electron chi connectivity index (χ2n) is 3.77. The molecule has 4 heteroatoms. The number of hydrogen-bond acceptors (Lipinski definition) is 4. The minimum atomic E-state index is 0.547. The summed E-state index contributed by atoms with van der Waals surface area (Å²) in [4.78, 5) is 0. The normalized spacial score (nSPS) is 19.5. The van der Waals surface area contributed by atoms with Crippen LogP contribution in [-0.4, -0.2) is 31.8 Å². The summed E-state index contributed by atoms with van der Waals surface area (Å²) < 4.78 is 10.5. The maximum Gasteiger partial charge on any atom is 0.142 e. The van der Waals surface area contributed by atoms with E-state index in [0.717, 1.165) is 17.2 Å². The minimum Gasteiger partial charge on any atom is -0.497 e. The number of anilines is 1. The molecule has 1 aromatic carbocycles. The summed E-state index contributed by atoms with van der Waals surface area (Å²) in [5, 5.41) is 3.51. The van der Waals surface area contributed by atoms with Gasteiger partial charge in [0.1, 0.15) is 11.5 Å². The molecule has 1 heterocycles. The van der Waals surface area contributed by atoms with Crippen molar-refractivity contribution < 1.29 is 9.47 Å². The molecule has 1 N–H and O–H groups in total. The molecule has 1 saturated heterocycles. The summed E-state index contributed by atoms with van der Waals surface area (Å²) in [6.45, 7) is 0. The van der Waals surface area contributed by atoms with Gasteiger partial charge in [0.25, 0.3) is 0 Å². The summed E-state index contributed by atoms with van der Waals surface area (Å²) >= 11 is 1.99. The van der Waals surface area contributed by atoms with Gasteiger partial charge in [-0.25, -0.2) is 0 Å². The van der Waals surface area contributed by atoms with Crippen molar-refractivity contribution >= 4 is 17.4 Å². The summed E-state index contributed by atoms with van der Waals surface area (Å²) in [6, 6.07) is 6.38. The number of ether oxygens (including phenoxy) is 2. The molecule has 0 amide bonds. The maximum absolute atomic E-state index is 5.33. The van der Waals surface area contributed by atoms with Crippen LogP contribution in [0, 0.1) is 0 Å². The average molecular weight is 239 g/mol. The molecular formula is C12H17NO2S. The zero-order valence-corrected chi connectivity index (χ0v) is 10.5. The van der Waals surface area contributed by atoms with Gasteiger partial charge in [0.05, 0.1) is 19.9 Å². The van der Waals surface area contributed by atoms with E-state index in [0.29, 0.717) is 6.04 Å². The number of nitrogens with one attached hydrogen (secondary N) is 1. The van der Waals surface area contributed by atoms with Crippen LogP contribution in [0.4, 0.5) is 5.69 Å². The van der Waals surface area contributed by atoms with Crippen molar-refractivity contribution in [2.24, 2.45) is 0 Å². The van der Waals surface area contributed by atoms with Crippen LogP contribution in [0.25, 0.3) is 0 Å². The third-order valence-corrected chi connectivity index (χ3v) is 3.86. The van der Waals surface area contributed by atoms with Crippen molar-refractivity contribution in [3.8, 4) is 11.5 Å². The molecule has 1 aromatic rings. The zero-order chi connectivity index (χ0) is 11.4. The van der Waals surface area contributed by atoms with E-state index >= 15 is 0 Å². The monoisotopic (exact) mass is 239 g/mol. The quantitative estimate of drug-likeness (QED) is 0.875. The number of thioether (sulfide) groups is 1. The first-order chi connectivity index (χ1) is 7.83. The first-order valence-corrected chi connectivity index (χ1v) is 6.55. The molecule has 0 radical (unpaired) electrons. The van der Waals surface area contributed by atoms with Crippen LogP contribution in [0.3, 0.4) is 0 Å². The standard InChI is InChI=1S/C12H17NO2S/c1-14-10-3-4-12(15-2)11(7-10)13-9-5-6-16-8-9/h3-4,7,9,13H,5-6,8H2,1-2H3. The summed E-state index contributed by atoms with van der Waals surface area (Å²) in [6.07, 6.45) is 1.21. The number of benzene rings is 1. The minimum absolute atomic E-state index is 0.547. The molecular weight excluding hydrogens is 222 g/mol. The van der Waals surface area contributed by atoms with Crippen LogP contribution >= 0.6 is 11.8 Å². The van der Waals surface area contributed by atoms with Crippen LogP contribution in [0.1, 0.15) is 6.42 Å². The lowest BCUT2D eigenvalue weighted by molar-refractivity contribution is 0.404. The molecule has 3 nitrogen and oxygen atoms in total. The van der Waals surface area contributed by atoms with Gasteiger partial charge in [-0.15, -0.1) is 0 Å². The molecule has 0 aromatic heterocycles. The molecule has 0 saturated carbocycles. The van der Waals surface area contributed by atoms with E-state index in [2.05, 4.69) is 5.32 Å². The predicted molar refractivity (Wildman–Crippen MR) is 68.9 cm³/mol. The van der Waals surface area contributed by atoms with Crippen molar-refractivity contribution in [1.29, 1.82) is 0 Å². The highest BCUT2D eigenvalue weighted by Gasteiger charge is 2.16. The number of rotatable bonds is 4. The summed E-state index contributed by atoms with van der Waals surface area (Å²) in [5.74, 6) is 4.14. The Hall–Kier alpha value is -1.03. The fourth-order valence-electron chi connectivity index (χ4n) is 1.80. The topological polar surface area (TPSA) is 30.5 Å². The molecule has 1 aliphatic rings. The highest BCUT2D eigenvalue weighted by molar-refractivity contribution is 7.99. The SMILES string of the molecule is COc1ccc(OC)c(NC2CCSC2)c1. The Morgan fingerprint density at radius 2 is 2.19 bits per heavy atom. The molecule has 0 bridgehead atoms. The molecule has 88 valence electrons. The van der Waals surface area contributed by atoms with Gasteiger partial charge in [-0.3, -0.25) is 0 Å². The largest absolute Gasteiger partial charge is 0.497 e. The third-order valence-electron chi connectivity index (χ3n) is 2.70. The van der Waals surface area contributed by atoms with E-state index in [1.165, 1.54) is 17.9 Å². The molecule has 0 spiro atoms. The highest BCUT2D eigenvalue weighted by atomic mass is 32.2. The first-order valence-electron chi connectivity index (χ1n) is 5.40. The van der Waals surface area contributed by atoms with E-state index in [1.807, 2.05) is 30.0 Å². The van der Waals surface area contributed by atoms with Crippen LogP contribution in [0.5, 0.6) is 11.5 Å². The van der Waals surface area contributed by atoms with E-state index < -0.39 is 0 Å². The van der Waals surface area contributed by atoms with Gasteiger partial charge < -0.3 is 14.8 Å². The molecule has 1 unspecified atom stereocenters. The lowest BCUT2D eigenvalue weighted by Crippen LogP contribution is -2.18. The zero-order valence-electron chi connectivity index (χ0n) is 9.66. The predicted octanol–water partition coefficient (Wildman–Crippen LogP) is 2.62. The molecule has 0 aliphatic carbocycles. The first kappa shape index (κ1) is 11.5. The summed E-state index contributed by atoms with van der Waals surface area (Å²) in [5.41, 5.74) is 1.02. The van der Waals surface area contributed by atoms with E-state index in [9.17, 15) is 0 Å². The van der Waals surface area contributed by atoms with Gasteiger partial charge in [0, 0.05) is 17.9 Å². The van der Waals surface area contributed by atoms with Gasteiger partial charge in [0.15, 0.2) is 0 Å². The Balaban J connectivity index is 2.15. The molecule has 1 atom stereocenters. The lowest BCUT2D eigenvalue weighted by Gasteiger charge is -2.16. The fraction of sp³-hybridized carbons (Fsp3) is 0.500. The number of methoxy groups -OCH3 is 2. The third kappa shape index (κ3) is 2.55. The van der Waals surface area contributed by atoms with Crippen LogP contribution in [0.2, 0.25) is 0 Å². The smallest absolute Gasteiger partial charge is 0.142 e. The Labute approximate surface area is 101 Å². The van der Waals surface area contributed by atoms with Gasteiger partial charge in [-0.05, 0) is 24.3 Å². The van der Waals surface area contributed by atoms with Gasteiger partial charge in [-0.2, -0.15) is 11.8 Å². The molecule has 1 fully saturated rings. The van der Waals surface area contributed by atoms with Crippen LogP contribution < -0.4 is 14.8 Å². The van der Waals surface area contributed by atoms with E-state index in [-0.39, 0.29) is 0 Å². The van der Waals surface area contributed by atoms with Crippen molar-refractivity contribution in [2.75, 3.05) is 31.0 Å². The van der Waals surface area contributed by atoms with E-state index in [4.69, 9.17) is 9.47 Å². The van der Waals surface area contributed by atoms with Crippen molar-refractivity contribution in [3.05, 3.63) is 18.2 Å². The highest BCUT2D eigenvalue weighted by Crippen LogP contribution is 2.31. The second-order valence-corrected chi connectivity index (χ2v) is 4.92. The van der Waals surface area contributed by atoms with Gasteiger partial charge >= 0.3 is 0 Å². The molecule has 1 aliphatic heterocycles. The average Bonchev–Trinajstić information content (AvgIpc) is 2.82. The Morgan fingerprint density at radius 1 is 1.31 bits per heavy atom. The van der Waals surface area contributed by atoms with Crippen molar-refractivity contribution in [2.45, 2.75) is 12.5 Å². The molecule has 2 rings (SSSR count). The second kappa shape index (κ2) is 5.34. The Bertz CT molecular complexity index is 351. The Kier molecular flexibility index (Phi) is 3.83. The summed E-state index contributed by atoms with van der Waals surface area (Å²) in [7, 11) is 3.37. The van der Waals surface area contributed by atoms with E-state index in [1.54, 1.807) is 14.2 Å². The lowest BCUT2D eigenvalue weighted by atomic mass is 10.2. The van der Waals surface area contributed by atoms with Crippen LogP contribution in [0.15, 0.2) is 18.2 Å².